The molecule has 0 aliphatic rings. The topological polar surface area (TPSA) is 18.5 Å². The van der Waals surface area contributed by atoms with Gasteiger partial charge >= 0.3 is 79.3 Å². The van der Waals surface area contributed by atoms with Crippen molar-refractivity contribution in [2.75, 3.05) is 6.61 Å². The van der Waals surface area contributed by atoms with Crippen LogP contribution in [0, 0.1) is 0 Å². The van der Waals surface area contributed by atoms with Gasteiger partial charge in [0.15, 0.2) is 0 Å². The van der Waals surface area contributed by atoms with Crippen molar-refractivity contribution in [3.63, 3.8) is 0 Å². The zero-order chi connectivity index (χ0) is 8.20. The fraction of sp³-hybridized carbons (Fsp3) is 1.00. The van der Waals surface area contributed by atoms with E-state index < -0.39 is 14.2 Å². The molecular weight excluding hydrogens is 239 g/mol. The van der Waals surface area contributed by atoms with Gasteiger partial charge in [-0.15, -0.1) is 0 Å². The third kappa shape index (κ3) is 7.35. The van der Waals surface area contributed by atoms with Gasteiger partial charge in [-0.25, -0.2) is 0 Å². The van der Waals surface area contributed by atoms with Gasteiger partial charge in [0, 0.05) is 0 Å². The first-order valence-electron chi connectivity index (χ1n) is 3.36. The predicted octanol–water partition coefficient (Wildman–Crippen LogP) is 1.41. The van der Waals surface area contributed by atoms with Crippen LogP contribution in [0.5, 0.6) is 0 Å². The van der Waals surface area contributed by atoms with Crippen molar-refractivity contribution < 1.29 is 31.9 Å². The summed E-state index contributed by atoms with van der Waals surface area (Å²) in [7, 11) is -1.31. The molecule has 10 heavy (non-hydrogen) atoms. The summed E-state index contributed by atoms with van der Waals surface area (Å²) in [6.45, 7) is 9.40. The third-order valence-electron chi connectivity index (χ3n) is 0.674. The van der Waals surface area contributed by atoms with Gasteiger partial charge in [0.2, 0.25) is 0 Å². The van der Waals surface area contributed by atoms with Gasteiger partial charge in [-0.1, -0.05) is 0 Å². The standard InChI is InChI=1S/C5H14O2Si2.Zr/c1-5-6-8-7-9(2,3)4;/h5H2,1-4H3;/q;+2. The molecule has 0 aromatic carbocycles. The molecule has 0 aliphatic heterocycles. The van der Waals surface area contributed by atoms with Gasteiger partial charge in [-0.05, 0) is 0 Å². The van der Waals surface area contributed by atoms with Crippen LogP contribution >= 0.6 is 0 Å². The van der Waals surface area contributed by atoms with Crippen molar-refractivity contribution in [1.29, 1.82) is 0 Å². The molecule has 0 rings (SSSR count). The van der Waals surface area contributed by atoms with E-state index in [4.69, 9.17) is 8.54 Å². The fourth-order valence-electron chi connectivity index (χ4n) is 0.439. The summed E-state index contributed by atoms with van der Waals surface area (Å²) in [4.78, 5) is 0. The van der Waals surface area contributed by atoms with Crippen molar-refractivity contribution in [2.24, 2.45) is 0 Å². The molecule has 0 fully saturated rings. The molecule has 0 saturated heterocycles. The first-order valence-corrected chi connectivity index (χ1v) is 11.8. The van der Waals surface area contributed by atoms with E-state index in [0.29, 0.717) is 0 Å². The summed E-state index contributed by atoms with van der Waals surface area (Å²) in [6.07, 6.45) is 0. The monoisotopic (exact) mass is 252 g/mol. The van der Waals surface area contributed by atoms with E-state index in [9.17, 15) is 0 Å². The predicted molar refractivity (Wildman–Crippen MR) is 41.8 cm³/mol. The minimum absolute atomic E-state index is 0.796. The molecule has 56 valence electrons. The van der Waals surface area contributed by atoms with Crippen LogP contribution in [0.4, 0.5) is 0 Å². The molecule has 0 heterocycles. The van der Waals surface area contributed by atoms with Crippen molar-refractivity contribution in [2.45, 2.75) is 26.6 Å². The fourth-order valence-corrected chi connectivity index (χ4v) is 11.0. The molecule has 0 aromatic rings. The number of hydrogen-bond donors (Lipinski definition) is 0. The summed E-state index contributed by atoms with van der Waals surface area (Å²) in [5.74, 6) is -0.846. The van der Waals surface area contributed by atoms with Gasteiger partial charge < -0.3 is 0 Å². The van der Waals surface area contributed by atoms with Gasteiger partial charge in [0.25, 0.3) is 0 Å². The van der Waals surface area contributed by atoms with E-state index in [2.05, 4.69) is 19.6 Å². The summed E-state index contributed by atoms with van der Waals surface area (Å²) in [5.41, 5.74) is 0. The van der Waals surface area contributed by atoms with Crippen LogP contribution in [0.3, 0.4) is 0 Å². The van der Waals surface area contributed by atoms with Gasteiger partial charge in [0.05, 0.1) is 0 Å². The Labute approximate surface area is 79.0 Å². The third-order valence-corrected chi connectivity index (χ3v) is 7.74. The second kappa shape index (κ2) is 4.98. The zero-order valence-electron chi connectivity index (χ0n) is 7.02. The Balaban J connectivity index is 3.58. The molecule has 0 aromatic heterocycles. The minimum atomic E-state index is -1.31. The summed E-state index contributed by atoms with van der Waals surface area (Å²) in [5, 5.41) is 0. The normalized spacial score (nSPS) is 11.8. The summed E-state index contributed by atoms with van der Waals surface area (Å²) >= 11 is 1.42. The van der Waals surface area contributed by atoms with E-state index in [1.54, 1.807) is 0 Å². The van der Waals surface area contributed by atoms with E-state index in [1.165, 1.54) is 23.3 Å². The average molecular weight is 254 g/mol. The molecule has 0 amide bonds. The second-order valence-corrected chi connectivity index (χ2v) is 11.9. The van der Waals surface area contributed by atoms with Crippen LogP contribution in [-0.2, 0) is 31.9 Å². The Morgan fingerprint density at radius 1 is 1.40 bits per heavy atom. The SMILES string of the molecule is CCO[Si](=[Zr+2])O[Si](C)(C)C. The zero-order valence-corrected chi connectivity index (χ0v) is 11.5. The second-order valence-electron chi connectivity index (χ2n) is 2.93. The average Bonchev–Trinajstić information content (AvgIpc) is 1.59. The first kappa shape index (κ1) is 11.2. The molecule has 0 saturated carbocycles. The van der Waals surface area contributed by atoms with E-state index in [1.807, 2.05) is 6.92 Å². The molecular formula is C5H14O2Si2Zr+2. The molecule has 0 unspecified atom stereocenters. The maximum atomic E-state index is 5.74. The van der Waals surface area contributed by atoms with Crippen molar-refractivity contribution in [1.82, 2.24) is 0 Å². The van der Waals surface area contributed by atoms with Crippen molar-refractivity contribution >= 4 is 14.2 Å². The molecule has 0 aliphatic carbocycles. The molecule has 0 atom stereocenters. The first-order chi connectivity index (χ1) is 4.45. The van der Waals surface area contributed by atoms with Crippen molar-refractivity contribution in [3.05, 3.63) is 0 Å². The molecule has 0 spiro atoms. The van der Waals surface area contributed by atoms with Crippen LogP contribution in [-0.4, -0.2) is 20.8 Å². The summed E-state index contributed by atoms with van der Waals surface area (Å²) in [6, 6.07) is 0. The van der Waals surface area contributed by atoms with Crippen LogP contribution < -0.4 is 0 Å². The van der Waals surface area contributed by atoms with Gasteiger partial charge in [-0.3, -0.25) is 0 Å². The van der Waals surface area contributed by atoms with Crippen LogP contribution in [0.2, 0.25) is 19.6 Å². The van der Waals surface area contributed by atoms with Crippen molar-refractivity contribution in [3.8, 4) is 0 Å². The molecule has 0 N–H and O–H groups in total. The Morgan fingerprint density at radius 3 is 2.20 bits per heavy atom. The molecule has 0 bridgehead atoms. The van der Waals surface area contributed by atoms with Crippen LogP contribution in [0.1, 0.15) is 6.92 Å². The van der Waals surface area contributed by atoms with Crippen LogP contribution in [0.25, 0.3) is 0 Å². The van der Waals surface area contributed by atoms with Crippen LogP contribution in [0.15, 0.2) is 0 Å². The Morgan fingerprint density at radius 2 is 1.90 bits per heavy atom. The van der Waals surface area contributed by atoms with Gasteiger partial charge in [-0.2, -0.15) is 0 Å². The quantitative estimate of drug-likeness (QED) is 0.705. The Hall–Kier alpha value is 1.24. The Kier molecular flexibility index (Phi) is 5.60. The van der Waals surface area contributed by atoms with Gasteiger partial charge in [0.1, 0.15) is 0 Å². The maximum absolute atomic E-state index is 5.74. The molecule has 0 radical (unpaired) electrons. The van der Waals surface area contributed by atoms with E-state index in [-0.39, 0.29) is 0 Å². The summed E-state index contributed by atoms with van der Waals surface area (Å²) < 4.78 is 11.1. The number of hydrogen-bond acceptors (Lipinski definition) is 2. The molecule has 2 nitrogen and oxygen atoms in total. The van der Waals surface area contributed by atoms with E-state index >= 15 is 0 Å². The van der Waals surface area contributed by atoms with E-state index in [0.717, 1.165) is 6.61 Å². The molecule has 5 heteroatoms. The Bertz CT molecular complexity index is 121. The number of rotatable bonds is 4.